The number of alkyl halides is 3. The molecule has 0 aromatic heterocycles. The largest absolute Gasteiger partial charge is 0.488 e. The minimum Gasteiger partial charge on any atom is -0.488 e. The van der Waals surface area contributed by atoms with Crippen LogP contribution in [0.25, 0.3) is 0 Å². The number of halogens is 3. The third-order valence-electron chi connectivity index (χ3n) is 6.21. The number of carbonyl (C=O) groups excluding carboxylic acids is 1. The first-order valence-corrected chi connectivity index (χ1v) is 12.2. The van der Waals surface area contributed by atoms with Crippen LogP contribution in [0.4, 0.5) is 23.7 Å². The molecule has 12 heteroatoms. The standard InChI is InChI=1S/C26H32F3N3O6/c1-17(13-18-14-19-7-9-31(8-4-11-33)23(19)20(15-18)24(30)34)32(25(35)36)10-12-37-21-5-2-3-6-22(21)38-16-26(27,28)29/h2-3,5-6,14-15,17,33H,4,7-13,16H2,1H3,(H2,30,34)(H,35,36)/t17-/m1/s1. The molecule has 3 rings (SSSR count). The molecule has 2 aromatic carbocycles. The second kappa shape index (κ2) is 12.7. The number of para-hydroxylation sites is 2. The Hall–Kier alpha value is -3.67. The van der Waals surface area contributed by atoms with Crippen LogP contribution in [0.3, 0.4) is 0 Å². The molecule has 0 spiro atoms. The molecule has 0 saturated carbocycles. The van der Waals surface area contributed by atoms with Crippen molar-refractivity contribution in [1.29, 1.82) is 0 Å². The van der Waals surface area contributed by atoms with Crippen LogP contribution in [0.2, 0.25) is 0 Å². The maximum Gasteiger partial charge on any atom is 0.422 e. The van der Waals surface area contributed by atoms with Crippen molar-refractivity contribution in [2.45, 2.75) is 38.4 Å². The second-order valence-corrected chi connectivity index (χ2v) is 9.06. The van der Waals surface area contributed by atoms with E-state index in [-0.39, 0.29) is 31.3 Å². The quantitative estimate of drug-likeness (QED) is 0.356. The fraction of sp³-hybridized carbons (Fsp3) is 0.462. The van der Waals surface area contributed by atoms with Gasteiger partial charge in [-0.3, -0.25) is 4.79 Å². The summed E-state index contributed by atoms with van der Waals surface area (Å²) in [7, 11) is 0. The molecule has 9 nitrogen and oxygen atoms in total. The zero-order valence-corrected chi connectivity index (χ0v) is 21.0. The average Bonchev–Trinajstić information content (AvgIpc) is 3.26. The number of fused-ring (bicyclic) bond motifs is 1. The fourth-order valence-electron chi connectivity index (χ4n) is 4.54. The average molecular weight is 540 g/mol. The van der Waals surface area contributed by atoms with Crippen LogP contribution in [-0.4, -0.2) is 78.8 Å². The van der Waals surface area contributed by atoms with E-state index in [1.54, 1.807) is 19.1 Å². The van der Waals surface area contributed by atoms with E-state index >= 15 is 0 Å². The predicted octanol–water partition coefficient (Wildman–Crippen LogP) is 3.46. The van der Waals surface area contributed by atoms with Gasteiger partial charge in [-0.25, -0.2) is 4.79 Å². The third-order valence-corrected chi connectivity index (χ3v) is 6.21. The molecular weight excluding hydrogens is 507 g/mol. The molecule has 1 atom stereocenters. The number of carbonyl (C=O) groups is 2. The maximum atomic E-state index is 12.5. The number of amides is 2. The first-order chi connectivity index (χ1) is 18.0. The molecule has 0 radical (unpaired) electrons. The molecule has 0 saturated heterocycles. The van der Waals surface area contributed by atoms with Crippen molar-refractivity contribution in [1.82, 2.24) is 4.90 Å². The Bertz CT molecular complexity index is 1130. The van der Waals surface area contributed by atoms with Crippen molar-refractivity contribution in [3.63, 3.8) is 0 Å². The Labute approximate surface area is 218 Å². The van der Waals surface area contributed by atoms with Gasteiger partial charge in [-0.2, -0.15) is 13.2 Å². The molecule has 2 aromatic rings. The first kappa shape index (κ1) is 28.9. The lowest BCUT2D eigenvalue weighted by Crippen LogP contribution is -2.41. The van der Waals surface area contributed by atoms with Crippen molar-refractivity contribution in [2.75, 3.05) is 44.4 Å². The van der Waals surface area contributed by atoms with Crippen molar-refractivity contribution in [3.05, 3.63) is 53.1 Å². The van der Waals surface area contributed by atoms with Crippen LogP contribution in [0.1, 0.15) is 34.8 Å². The number of primary amides is 1. The molecule has 1 aliphatic rings. The van der Waals surface area contributed by atoms with Gasteiger partial charge in [0.15, 0.2) is 18.1 Å². The number of carboxylic acid groups (broad SMARTS) is 1. The Morgan fingerprint density at radius 3 is 2.47 bits per heavy atom. The molecular formula is C26H32F3N3O6. The SMILES string of the molecule is C[C@H](Cc1cc2c(c(C(N)=O)c1)N(CCCO)CC2)N(CCOc1ccccc1OCC(F)(F)F)C(=O)O. The molecule has 4 N–H and O–H groups in total. The van der Waals surface area contributed by atoms with Crippen LogP contribution < -0.4 is 20.1 Å². The zero-order chi connectivity index (χ0) is 27.9. The van der Waals surface area contributed by atoms with Gasteiger partial charge in [-0.05, 0) is 55.5 Å². The number of hydrogen-bond acceptors (Lipinski definition) is 6. The van der Waals surface area contributed by atoms with Crippen LogP contribution in [0.15, 0.2) is 36.4 Å². The van der Waals surface area contributed by atoms with Crippen LogP contribution in [-0.2, 0) is 12.8 Å². The Balaban J connectivity index is 1.67. The van der Waals surface area contributed by atoms with Crippen molar-refractivity contribution >= 4 is 17.7 Å². The normalized spacial score (nSPS) is 13.7. The van der Waals surface area contributed by atoms with Crippen molar-refractivity contribution in [3.8, 4) is 11.5 Å². The minimum atomic E-state index is -4.51. The predicted molar refractivity (Wildman–Crippen MR) is 134 cm³/mol. The Kier molecular flexibility index (Phi) is 9.67. The van der Waals surface area contributed by atoms with E-state index in [0.29, 0.717) is 37.9 Å². The highest BCUT2D eigenvalue weighted by Crippen LogP contribution is 2.34. The number of aliphatic hydroxyl groups is 1. The Morgan fingerprint density at radius 1 is 1.18 bits per heavy atom. The fourth-order valence-corrected chi connectivity index (χ4v) is 4.54. The van der Waals surface area contributed by atoms with E-state index < -0.39 is 30.8 Å². The second-order valence-electron chi connectivity index (χ2n) is 9.06. The molecule has 2 amide bonds. The van der Waals surface area contributed by atoms with Crippen LogP contribution in [0, 0.1) is 0 Å². The smallest absolute Gasteiger partial charge is 0.422 e. The van der Waals surface area contributed by atoms with E-state index in [1.807, 2.05) is 11.0 Å². The molecule has 0 unspecified atom stereocenters. The summed E-state index contributed by atoms with van der Waals surface area (Å²) >= 11 is 0. The van der Waals surface area contributed by atoms with Gasteiger partial charge < -0.3 is 35.2 Å². The van der Waals surface area contributed by atoms with Crippen molar-refractivity contribution in [2.24, 2.45) is 5.73 Å². The summed E-state index contributed by atoms with van der Waals surface area (Å²) in [5.41, 5.74) is 8.48. The van der Waals surface area contributed by atoms with E-state index in [2.05, 4.69) is 0 Å². The number of hydrogen-bond donors (Lipinski definition) is 3. The van der Waals surface area contributed by atoms with E-state index in [4.69, 9.17) is 20.3 Å². The van der Waals surface area contributed by atoms with Gasteiger partial charge in [0.1, 0.15) is 6.61 Å². The number of ether oxygens (including phenoxy) is 2. The summed E-state index contributed by atoms with van der Waals surface area (Å²) in [5.74, 6) is -0.600. The van der Waals surface area contributed by atoms with E-state index in [9.17, 15) is 27.9 Å². The van der Waals surface area contributed by atoms with Gasteiger partial charge in [-0.15, -0.1) is 0 Å². The van der Waals surface area contributed by atoms with Crippen molar-refractivity contribution < 1.29 is 42.4 Å². The number of aliphatic hydroxyl groups excluding tert-OH is 1. The highest BCUT2D eigenvalue weighted by Gasteiger charge is 2.29. The summed E-state index contributed by atoms with van der Waals surface area (Å²) in [6, 6.07) is 8.99. The summed E-state index contributed by atoms with van der Waals surface area (Å²) in [5, 5.41) is 18.9. The first-order valence-electron chi connectivity index (χ1n) is 12.2. The van der Waals surface area contributed by atoms with Gasteiger partial charge in [0, 0.05) is 25.7 Å². The van der Waals surface area contributed by atoms with E-state index in [1.165, 1.54) is 23.1 Å². The summed E-state index contributed by atoms with van der Waals surface area (Å²) < 4.78 is 47.9. The number of nitrogens with zero attached hydrogens (tertiary/aromatic N) is 2. The van der Waals surface area contributed by atoms with E-state index in [0.717, 1.165) is 16.8 Å². The molecule has 1 heterocycles. The van der Waals surface area contributed by atoms with Gasteiger partial charge >= 0.3 is 12.3 Å². The number of rotatable bonds is 13. The maximum absolute atomic E-state index is 12.5. The number of anilines is 1. The van der Waals surface area contributed by atoms with Crippen LogP contribution in [0.5, 0.6) is 11.5 Å². The van der Waals surface area contributed by atoms with Gasteiger partial charge in [-0.1, -0.05) is 18.2 Å². The molecule has 0 fully saturated rings. The molecule has 38 heavy (non-hydrogen) atoms. The highest BCUT2D eigenvalue weighted by atomic mass is 19.4. The zero-order valence-electron chi connectivity index (χ0n) is 21.0. The minimum absolute atomic E-state index is 0.0360. The lowest BCUT2D eigenvalue weighted by molar-refractivity contribution is -0.153. The highest BCUT2D eigenvalue weighted by molar-refractivity contribution is 6.00. The summed E-state index contributed by atoms with van der Waals surface area (Å²) in [4.78, 5) is 27.4. The summed E-state index contributed by atoms with van der Waals surface area (Å²) in [6.07, 6.45) is -4.12. The lowest BCUT2D eigenvalue weighted by Gasteiger charge is -2.27. The molecule has 0 aliphatic carbocycles. The summed E-state index contributed by atoms with van der Waals surface area (Å²) in [6.45, 7) is 1.41. The third kappa shape index (κ3) is 7.67. The number of nitrogens with two attached hydrogens (primary N) is 1. The molecule has 1 aliphatic heterocycles. The topological polar surface area (TPSA) is 126 Å². The molecule has 0 bridgehead atoms. The van der Waals surface area contributed by atoms with Gasteiger partial charge in [0.25, 0.3) is 5.91 Å². The lowest BCUT2D eigenvalue weighted by atomic mass is 9.97. The molecule has 208 valence electrons. The monoisotopic (exact) mass is 539 g/mol. The Morgan fingerprint density at radius 2 is 1.87 bits per heavy atom. The van der Waals surface area contributed by atoms with Gasteiger partial charge in [0.05, 0.1) is 17.8 Å². The van der Waals surface area contributed by atoms with Gasteiger partial charge in [0.2, 0.25) is 0 Å². The number of benzene rings is 2. The van der Waals surface area contributed by atoms with Crippen LogP contribution >= 0.6 is 0 Å².